The first-order chi connectivity index (χ1) is 5.54. The summed E-state index contributed by atoms with van der Waals surface area (Å²) in [6, 6.07) is 0. The summed E-state index contributed by atoms with van der Waals surface area (Å²) in [7, 11) is -4.28. The first kappa shape index (κ1) is 17.6. The molecule has 0 atom stereocenters. The van der Waals surface area contributed by atoms with E-state index in [2.05, 4.69) is 8.80 Å². The largest absolute Gasteiger partial charge is 0.412 e. The Bertz CT molecular complexity index is 328. The minimum Gasteiger partial charge on any atom is -0.412 e. The maximum absolute atomic E-state index is 9.97. The van der Waals surface area contributed by atoms with Crippen LogP contribution in [0, 0.1) is 0 Å². The third-order valence-corrected chi connectivity index (χ3v) is 0.916. The van der Waals surface area contributed by atoms with Crippen LogP contribution >= 0.6 is 0 Å². The molecule has 11 heteroatoms. The van der Waals surface area contributed by atoms with Gasteiger partial charge in [-0.2, -0.15) is 8.42 Å². The number of isocyanates is 2. The summed E-state index contributed by atoms with van der Waals surface area (Å²) in [5.74, 6) is 0. The van der Waals surface area contributed by atoms with Gasteiger partial charge in [-0.05, 0) is 0 Å². The van der Waals surface area contributed by atoms with Gasteiger partial charge >= 0.3 is 10.2 Å². The fraction of sp³-hybridized carbons (Fsp3) is 0. The molecule has 0 aliphatic carbocycles. The molecule has 0 aliphatic heterocycles. The van der Waals surface area contributed by atoms with Gasteiger partial charge in [-0.1, -0.05) is 8.80 Å². The Morgan fingerprint density at radius 1 is 1.00 bits per heavy atom. The number of nitrogens with zero attached hydrogens (tertiary/aromatic N) is 2. The lowest BCUT2D eigenvalue weighted by Crippen LogP contribution is -1.86. The second kappa shape index (κ2) is 10.6. The summed E-state index contributed by atoms with van der Waals surface area (Å²) in [5, 5.41) is 0. The van der Waals surface area contributed by atoms with E-state index in [1.165, 1.54) is 0 Å². The first-order valence-electron chi connectivity index (χ1n) is 1.96. The van der Waals surface area contributed by atoms with Crippen LogP contribution in [0.3, 0.4) is 0 Å². The highest BCUT2D eigenvalue weighted by Gasteiger charge is 2.00. The molecule has 0 aromatic rings. The third-order valence-electron chi connectivity index (χ3n) is 0.305. The molecule has 0 aromatic carbocycles. The molecular weight excluding hydrogens is 228 g/mol. The normalized spacial score (nSPS) is 7.38. The molecule has 0 saturated heterocycles. The van der Waals surface area contributed by atoms with E-state index in [0.717, 1.165) is 0 Å². The lowest BCUT2D eigenvalue weighted by molar-refractivity contribution is 0.561. The van der Waals surface area contributed by atoms with Crippen LogP contribution in [0.15, 0.2) is 8.80 Å². The molecular formula is C2H4N2O7S2. The van der Waals surface area contributed by atoms with Crippen molar-refractivity contribution in [3.05, 3.63) is 0 Å². The molecule has 13 heavy (non-hydrogen) atoms. The van der Waals surface area contributed by atoms with Crippen LogP contribution in [-0.4, -0.2) is 34.5 Å². The van der Waals surface area contributed by atoms with Crippen molar-refractivity contribution >= 4 is 33.9 Å². The summed E-state index contributed by atoms with van der Waals surface area (Å²) in [5.41, 5.74) is 0. The second-order valence-corrected chi connectivity index (χ2v) is 2.32. The SMILES string of the molecule is O.O=C=NS(=O)(=O)N=C=O.O=[SH2]=O. The molecule has 76 valence electrons. The van der Waals surface area contributed by atoms with Crippen LogP contribution in [0.5, 0.6) is 0 Å². The minimum atomic E-state index is -4.28. The Labute approximate surface area is 75.3 Å². The maximum atomic E-state index is 9.97. The standard InChI is InChI=1S/C2N2O4S.H2O2S.H2O/c5-1-3-9(7,8)4-2-6;1-3-2;/h;3H2;1H2. The van der Waals surface area contributed by atoms with Crippen molar-refractivity contribution in [1.29, 1.82) is 0 Å². The lowest BCUT2D eigenvalue weighted by Gasteiger charge is -1.72. The third kappa shape index (κ3) is 18.0. The minimum absolute atomic E-state index is 0. The average molecular weight is 232 g/mol. The molecule has 0 aromatic heterocycles. The van der Waals surface area contributed by atoms with Crippen LogP contribution in [0.1, 0.15) is 0 Å². The van der Waals surface area contributed by atoms with Crippen LogP contribution in [-0.2, 0) is 31.4 Å². The molecule has 0 rings (SSSR count). The zero-order valence-electron chi connectivity index (χ0n) is 5.75. The molecule has 9 nitrogen and oxygen atoms in total. The fourth-order valence-electron chi connectivity index (χ4n) is 0.115. The Kier molecular flexibility index (Phi) is 14.4. The highest BCUT2D eigenvalue weighted by molar-refractivity contribution is 7.89. The van der Waals surface area contributed by atoms with Gasteiger partial charge in [0, 0.05) is 0 Å². The molecule has 0 spiro atoms. The number of hydrogen-bond donors (Lipinski definition) is 0. The van der Waals surface area contributed by atoms with Gasteiger partial charge in [-0.3, -0.25) is 0 Å². The van der Waals surface area contributed by atoms with E-state index in [4.69, 9.17) is 8.42 Å². The van der Waals surface area contributed by atoms with E-state index < -0.39 is 21.8 Å². The zero-order chi connectivity index (χ0) is 10.0. The van der Waals surface area contributed by atoms with Crippen molar-refractivity contribution in [2.75, 3.05) is 0 Å². The van der Waals surface area contributed by atoms with Gasteiger partial charge in [-0.15, -0.1) is 0 Å². The molecule has 0 radical (unpaired) electrons. The molecule has 0 aliphatic rings. The smallest absolute Gasteiger partial charge is 0.383 e. The number of carbonyl (C=O) groups excluding carboxylic acids is 2. The fourth-order valence-corrected chi connectivity index (χ4v) is 0.344. The van der Waals surface area contributed by atoms with E-state index in [1.54, 1.807) is 0 Å². The Balaban J connectivity index is -0.000000220. The van der Waals surface area contributed by atoms with Gasteiger partial charge in [0.15, 0.2) is 0 Å². The van der Waals surface area contributed by atoms with E-state index in [0.29, 0.717) is 12.2 Å². The number of hydrogen-bond acceptors (Lipinski definition) is 6. The van der Waals surface area contributed by atoms with Gasteiger partial charge in [0.2, 0.25) is 0 Å². The molecule has 0 saturated carbocycles. The van der Waals surface area contributed by atoms with E-state index in [-0.39, 0.29) is 5.48 Å². The van der Waals surface area contributed by atoms with Crippen molar-refractivity contribution in [1.82, 2.24) is 0 Å². The van der Waals surface area contributed by atoms with Gasteiger partial charge < -0.3 is 5.48 Å². The molecule has 0 heterocycles. The van der Waals surface area contributed by atoms with Crippen LogP contribution in [0.4, 0.5) is 0 Å². The van der Waals surface area contributed by atoms with Crippen molar-refractivity contribution in [2.45, 2.75) is 0 Å². The average Bonchev–Trinajstić information content (AvgIpc) is 1.88. The summed E-state index contributed by atoms with van der Waals surface area (Å²) in [6.07, 6.45) is 1.41. The summed E-state index contributed by atoms with van der Waals surface area (Å²) in [6.45, 7) is 0. The summed E-state index contributed by atoms with van der Waals surface area (Å²) < 4.78 is 41.1. The van der Waals surface area contributed by atoms with Crippen LogP contribution in [0.2, 0.25) is 0 Å². The Hall–Kier alpha value is -1.38. The van der Waals surface area contributed by atoms with E-state index in [1.807, 2.05) is 0 Å². The van der Waals surface area contributed by atoms with Gasteiger partial charge in [0.1, 0.15) is 11.6 Å². The van der Waals surface area contributed by atoms with Crippen molar-refractivity contribution in [3.63, 3.8) is 0 Å². The predicted octanol–water partition coefficient (Wildman–Crippen LogP) is -3.13. The van der Waals surface area contributed by atoms with Gasteiger partial charge in [-0.25, -0.2) is 18.0 Å². The quantitative estimate of drug-likeness (QED) is 0.361. The lowest BCUT2D eigenvalue weighted by atomic mass is 11.7. The van der Waals surface area contributed by atoms with Gasteiger partial charge in [0.25, 0.3) is 12.2 Å². The topological polar surface area (TPSA) is 159 Å². The monoisotopic (exact) mass is 232 g/mol. The predicted molar refractivity (Wildman–Crippen MR) is 40.5 cm³/mol. The summed E-state index contributed by atoms with van der Waals surface area (Å²) in [4.78, 5) is 18.5. The van der Waals surface area contributed by atoms with Crippen LogP contribution in [0.25, 0.3) is 0 Å². The van der Waals surface area contributed by atoms with Crippen molar-refractivity contribution in [2.24, 2.45) is 8.80 Å². The van der Waals surface area contributed by atoms with Crippen molar-refractivity contribution in [3.8, 4) is 0 Å². The summed E-state index contributed by atoms with van der Waals surface area (Å²) >= 11 is -1.42. The maximum Gasteiger partial charge on any atom is 0.383 e. The Morgan fingerprint density at radius 2 is 1.23 bits per heavy atom. The molecule has 0 unspecified atom stereocenters. The second-order valence-electron chi connectivity index (χ2n) is 0.896. The molecule has 0 bridgehead atoms. The molecule has 0 amide bonds. The Morgan fingerprint density at radius 3 is 1.38 bits per heavy atom. The first-order valence-corrected chi connectivity index (χ1v) is 4.18. The van der Waals surface area contributed by atoms with E-state index >= 15 is 0 Å². The van der Waals surface area contributed by atoms with Crippen molar-refractivity contribution < 1.29 is 31.9 Å². The van der Waals surface area contributed by atoms with Gasteiger partial charge in [0.05, 0.1) is 0 Å². The number of rotatable bonds is 2. The zero-order valence-corrected chi connectivity index (χ0v) is 7.57. The highest BCUT2D eigenvalue weighted by Crippen LogP contribution is 1.87. The molecule has 0 fully saturated rings. The van der Waals surface area contributed by atoms with E-state index in [9.17, 15) is 18.0 Å². The molecule has 2 N–H and O–H groups in total. The van der Waals surface area contributed by atoms with Crippen LogP contribution < -0.4 is 0 Å². The highest BCUT2D eigenvalue weighted by atomic mass is 32.2.